The Balaban J connectivity index is 2.04. The maximum atomic E-state index is 6.26. The van der Waals surface area contributed by atoms with Crippen molar-refractivity contribution in [3.05, 3.63) is 0 Å². The zero-order valence-corrected chi connectivity index (χ0v) is 13.7. The summed E-state index contributed by atoms with van der Waals surface area (Å²) in [5.41, 5.74) is 6.52. The van der Waals surface area contributed by atoms with Gasteiger partial charge in [0.25, 0.3) is 0 Å². The van der Waals surface area contributed by atoms with Crippen LogP contribution in [0.4, 0.5) is 0 Å². The van der Waals surface area contributed by atoms with Gasteiger partial charge in [-0.3, -0.25) is 4.90 Å². The van der Waals surface area contributed by atoms with Gasteiger partial charge in [0.15, 0.2) is 0 Å². The summed E-state index contributed by atoms with van der Waals surface area (Å²) in [5, 5.41) is 0. The van der Waals surface area contributed by atoms with E-state index >= 15 is 0 Å². The van der Waals surface area contributed by atoms with Gasteiger partial charge < -0.3 is 10.5 Å². The molecule has 118 valence electrons. The third kappa shape index (κ3) is 3.55. The van der Waals surface area contributed by atoms with Gasteiger partial charge in [-0.2, -0.15) is 0 Å². The maximum Gasteiger partial charge on any atom is 0.0698 e. The number of hydrogen-bond acceptors (Lipinski definition) is 3. The summed E-state index contributed by atoms with van der Waals surface area (Å²) in [6.45, 7) is 7.86. The molecule has 2 N–H and O–H groups in total. The minimum atomic E-state index is 0.251. The Labute approximate surface area is 125 Å². The highest BCUT2D eigenvalue weighted by Gasteiger charge is 2.39. The lowest BCUT2D eigenvalue weighted by molar-refractivity contribution is -0.0232. The van der Waals surface area contributed by atoms with Crippen LogP contribution in [0.2, 0.25) is 0 Å². The number of ether oxygens (including phenoxy) is 1. The van der Waals surface area contributed by atoms with Crippen LogP contribution in [-0.2, 0) is 4.74 Å². The second kappa shape index (κ2) is 7.24. The summed E-state index contributed by atoms with van der Waals surface area (Å²) in [6, 6.07) is 0. The highest BCUT2D eigenvalue weighted by atomic mass is 16.5. The molecule has 3 unspecified atom stereocenters. The van der Waals surface area contributed by atoms with Gasteiger partial charge in [-0.05, 0) is 50.5 Å². The number of nitrogens with zero attached hydrogens (tertiary/aromatic N) is 1. The van der Waals surface area contributed by atoms with E-state index in [1.807, 2.05) is 7.11 Å². The molecule has 0 aromatic rings. The fraction of sp³-hybridized carbons (Fsp3) is 1.00. The van der Waals surface area contributed by atoms with Crippen molar-refractivity contribution in [3.8, 4) is 0 Å². The molecule has 2 rings (SSSR count). The molecule has 2 fully saturated rings. The van der Waals surface area contributed by atoms with Crippen molar-refractivity contribution < 1.29 is 4.74 Å². The minimum absolute atomic E-state index is 0.251. The Morgan fingerprint density at radius 2 is 2.00 bits per heavy atom. The van der Waals surface area contributed by atoms with E-state index in [2.05, 4.69) is 18.7 Å². The van der Waals surface area contributed by atoms with Crippen LogP contribution in [0.15, 0.2) is 0 Å². The van der Waals surface area contributed by atoms with Crippen LogP contribution in [0.1, 0.15) is 58.8 Å². The SMILES string of the molecule is COC1CCCN(C2(CN)CCCC(C(C)C)CC2)C1. The van der Waals surface area contributed by atoms with Gasteiger partial charge in [0.2, 0.25) is 0 Å². The lowest BCUT2D eigenvalue weighted by atomic mass is 9.84. The van der Waals surface area contributed by atoms with Crippen LogP contribution >= 0.6 is 0 Å². The number of rotatable bonds is 4. The first-order valence-corrected chi connectivity index (χ1v) is 8.59. The average Bonchev–Trinajstić information content (AvgIpc) is 2.71. The van der Waals surface area contributed by atoms with Gasteiger partial charge in [0, 0.05) is 25.7 Å². The lowest BCUT2D eigenvalue weighted by Gasteiger charge is -2.47. The number of hydrogen-bond donors (Lipinski definition) is 1. The van der Waals surface area contributed by atoms with Crippen molar-refractivity contribution in [2.75, 3.05) is 26.7 Å². The molecule has 0 aromatic heterocycles. The quantitative estimate of drug-likeness (QED) is 0.806. The highest BCUT2D eigenvalue weighted by Crippen LogP contribution is 2.38. The van der Waals surface area contributed by atoms with Crippen molar-refractivity contribution in [3.63, 3.8) is 0 Å². The van der Waals surface area contributed by atoms with Crippen molar-refractivity contribution in [2.24, 2.45) is 17.6 Å². The van der Waals surface area contributed by atoms with E-state index in [9.17, 15) is 0 Å². The van der Waals surface area contributed by atoms with Crippen molar-refractivity contribution in [1.82, 2.24) is 4.90 Å². The van der Waals surface area contributed by atoms with Crippen LogP contribution in [0.25, 0.3) is 0 Å². The van der Waals surface area contributed by atoms with E-state index in [0.29, 0.717) is 6.10 Å². The first-order valence-electron chi connectivity index (χ1n) is 8.59. The summed E-state index contributed by atoms with van der Waals surface area (Å²) in [7, 11) is 1.85. The largest absolute Gasteiger partial charge is 0.380 e. The first-order chi connectivity index (χ1) is 9.61. The standard InChI is InChI=1S/C17H34N2O/c1-14(2)15-6-4-9-17(13-18,10-8-15)19-11-5-7-16(12-19)20-3/h14-16H,4-13,18H2,1-3H3. The van der Waals surface area contributed by atoms with E-state index in [4.69, 9.17) is 10.5 Å². The second-order valence-electron chi connectivity index (χ2n) is 7.31. The highest BCUT2D eigenvalue weighted by molar-refractivity contribution is 4.96. The van der Waals surface area contributed by atoms with Crippen molar-refractivity contribution in [2.45, 2.75) is 70.4 Å². The van der Waals surface area contributed by atoms with Crippen LogP contribution in [0, 0.1) is 11.8 Å². The number of nitrogens with two attached hydrogens (primary N) is 1. The molecule has 0 spiro atoms. The molecule has 20 heavy (non-hydrogen) atoms. The molecular formula is C17H34N2O. The fourth-order valence-corrected chi connectivity index (χ4v) is 4.29. The molecule has 3 nitrogen and oxygen atoms in total. The Morgan fingerprint density at radius 1 is 1.20 bits per heavy atom. The normalized spacial score (nSPS) is 37.0. The fourth-order valence-electron chi connectivity index (χ4n) is 4.29. The molecule has 1 saturated heterocycles. The predicted octanol–water partition coefficient (Wildman–Crippen LogP) is 3.03. The van der Waals surface area contributed by atoms with Crippen molar-refractivity contribution in [1.29, 1.82) is 0 Å². The molecule has 3 atom stereocenters. The molecule has 1 heterocycles. The smallest absolute Gasteiger partial charge is 0.0698 e. The van der Waals surface area contributed by atoms with Gasteiger partial charge in [0.1, 0.15) is 0 Å². The molecule has 2 aliphatic rings. The van der Waals surface area contributed by atoms with Gasteiger partial charge in [-0.15, -0.1) is 0 Å². The third-order valence-electron chi connectivity index (χ3n) is 5.90. The maximum absolute atomic E-state index is 6.26. The number of methoxy groups -OCH3 is 1. The third-order valence-corrected chi connectivity index (χ3v) is 5.90. The molecule has 0 bridgehead atoms. The van der Waals surface area contributed by atoms with E-state index in [-0.39, 0.29) is 5.54 Å². The molecule has 1 aliphatic carbocycles. The summed E-state index contributed by atoms with van der Waals surface area (Å²) in [5.74, 6) is 1.71. The van der Waals surface area contributed by atoms with Gasteiger partial charge >= 0.3 is 0 Å². The second-order valence-corrected chi connectivity index (χ2v) is 7.31. The van der Waals surface area contributed by atoms with Crippen molar-refractivity contribution >= 4 is 0 Å². The summed E-state index contributed by atoms with van der Waals surface area (Å²) < 4.78 is 5.61. The zero-order chi connectivity index (χ0) is 14.6. The van der Waals surface area contributed by atoms with E-state index in [0.717, 1.165) is 24.9 Å². The summed E-state index contributed by atoms with van der Waals surface area (Å²) >= 11 is 0. The Hall–Kier alpha value is -0.120. The monoisotopic (exact) mass is 282 g/mol. The lowest BCUT2D eigenvalue weighted by Crippen LogP contribution is -2.58. The van der Waals surface area contributed by atoms with E-state index in [1.165, 1.54) is 51.5 Å². The number of piperidine rings is 1. The van der Waals surface area contributed by atoms with Crippen LogP contribution < -0.4 is 5.73 Å². The first kappa shape index (κ1) is 16.3. The summed E-state index contributed by atoms with van der Waals surface area (Å²) in [4.78, 5) is 2.67. The van der Waals surface area contributed by atoms with Gasteiger partial charge in [0.05, 0.1) is 6.10 Å². The van der Waals surface area contributed by atoms with E-state index in [1.54, 1.807) is 0 Å². The van der Waals surface area contributed by atoms with Crippen LogP contribution in [0.5, 0.6) is 0 Å². The zero-order valence-electron chi connectivity index (χ0n) is 13.7. The Bertz CT molecular complexity index is 295. The molecule has 0 radical (unpaired) electrons. The molecule has 0 amide bonds. The van der Waals surface area contributed by atoms with E-state index < -0.39 is 0 Å². The van der Waals surface area contributed by atoms with Gasteiger partial charge in [-0.1, -0.05) is 26.7 Å². The molecule has 3 heteroatoms. The molecule has 0 aromatic carbocycles. The Morgan fingerprint density at radius 3 is 2.65 bits per heavy atom. The topological polar surface area (TPSA) is 38.5 Å². The van der Waals surface area contributed by atoms with Crippen LogP contribution in [0.3, 0.4) is 0 Å². The molecule has 1 saturated carbocycles. The predicted molar refractivity (Wildman–Crippen MR) is 84.8 cm³/mol. The van der Waals surface area contributed by atoms with Crippen LogP contribution in [-0.4, -0.2) is 43.3 Å². The average molecular weight is 282 g/mol. The minimum Gasteiger partial charge on any atom is -0.380 e. The number of likely N-dealkylation sites (tertiary alicyclic amines) is 1. The molecule has 1 aliphatic heterocycles. The molecular weight excluding hydrogens is 248 g/mol. The Kier molecular flexibility index (Phi) is 5.88. The van der Waals surface area contributed by atoms with Gasteiger partial charge in [-0.25, -0.2) is 0 Å². The summed E-state index contributed by atoms with van der Waals surface area (Å²) in [6.07, 6.45) is 9.52.